The molecule has 0 heterocycles. The first-order valence-electron chi connectivity index (χ1n) is 10.0. The zero-order valence-corrected chi connectivity index (χ0v) is 19.3. The van der Waals surface area contributed by atoms with Crippen LogP contribution in [-0.2, 0) is 16.6 Å². The molecule has 0 fully saturated rings. The number of halogens is 1. The molecule has 0 aliphatic carbocycles. The van der Waals surface area contributed by atoms with Gasteiger partial charge in [-0.2, -0.15) is 4.31 Å². The van der Waals surface area contributed by atoms with Gasteiger partial charge in [-0.15, -0.1) is 0 Å². The second kappa shape index (κ2) is 10.2. The minimum Gasteiger partial charge on any atom is -0.496 e. The van der Waals surface area contributed by atoms with Gasteiger partial charge in [-0.25, -0.2) is 13.2 Å². The van der Waals surface area contributed by atoms with Gasteiger partial charge >= 0.3 is 5.97 Å². The largest absolute Gasteiger partial charge is 0.496 e. The van der Waals surface area contributed by atoms with Crippen molar-refractivity contribution in [2.24, 2.45) is 0 Å². The number of rotatable bonds is 9. The number of benzene rings is 3. The Kier molecular flexibility index (Phi) is 7.56. The first kappa shape index (κ1) is 23.8. The maximum Gasteiger partial charge on any atom is 0.335 e. The number of nitrogens with zero attached hydrogens (tertiary/aromatic N) is 1. The lowest BCUT2D eigenvalue weighted by molar-refractivity contribution is 0.0696. The molecule has 0 spiro atoms. The lowest BCUT2D eigenvalue weighted by Gasteiger charge is -2.31. The summed E-state index contributed by atoms with van der Waals surface area (Å²) in [6.45, 7) is 1.92. The van der Waals surface area contributed by atoms with E-state index in [-0.39, 0.29) is 17.0 Å². The summed E-state index contributed by atoms with van der Waals surface area (Å²) >= 11 is 6.04. The van der Waals surface area contributed by atoms with Crippen LogP contribution in [0.4, 0.5) is 0 Å². The van der Waals surface area contributed by atoms with E-state index < -0.39 is 22.0 Å². The predicted octanol–water partition coefficient (Wildman–Crippen LogP) is 5.39. The summed E-state index contributed by atoms with van der Waals surface area (Å²) in [5, 5.41) is 9.84. The van der Waals surface area contributed by atoms with Crippen molar-refractivity contribution in [3.05, 3.63) is 94.5 Å². The highest BCUT2D eigenvalue weighted by atomic mass is 35.5. The number of carboxylic acid groups (broad SMARTS) is 1. The molecule has 0 unspecified atom stereocenters. The van der Waals surface area contributed by atoms with Gasteiger partial charge in [0.1, 0.15) is 5.75 Å². The second-order valence-electron chi connectivity index (χ2n) is 7.17. The number of hydrogen-bond donors (Lipinski definition) is 1. The number of aromatic carboxylic acids is 1. The van der Waals surface area contributed by atoms with Crippen LogP contribution in [0, 0.1) is 0 Å². The molecule has 32 heavy (non-hydrogen) atoms. The Hall–Kier alpha value is -2.87. The Morgan fingerprint density at radius 2 is 1.72 bits per heavy atom. The molecule has 168 valence electrons. The van der Waals surface area contributed by atoms with E-state index in [4.69, 9.17) is 16.3 Å². The van der Waals surface area contributed by atoms with Crippen molar-refractivity contribution in [2.75, 3.05) is 7.11 Å². The van der Waals surface area contributed by atoms with E-state index in [0.29, 0.717) is 22.8 Å². The van der Waals surface area contributed by atoms with Crippen LogP contribution >= 0.6 is 11.6 Å². The molecule has 8 heteroatoms. The fourth-order valence-electron chi connectivity index (χ4n) is 3.56. The maximum absolute atomic E-state index is 13.7. The zero-order valence-electron chi connectivity index (χ0n) is 17.7. The van der Waals surface area contributed by atoms with Gasteiger partial charge in [0.05, 0.1) is 23.6 Å². The standard InChI is InChI=1S/C24H24ClNO5S/c1-3-22(17-11-13-20(25)14-12-17)26(32(29,30)21-7-5-4-6-8-21)16-19-10-9-18(24(27)28)15-23(19)31-2/h4-15,22H,3,16H2,1-2H3,(H,27,28)/t22-/m0/s1. The summed E-state index contributed by atoms with van der Waals surface area (Å²) in [4.78, 5) is 11.5. The molecule has 0 bridgehead atoms. The third-order valence-corrected chi connectivity index (χ3v) is 7.32. The average molecular weight is 474 g/mol. The molecule has 0 aromatic heterocycles. The number of methoxy groups -OCH3 is 1. The van der Waals surface area contributed by atoms with Gasteiger partial charge < -0.3 is 9.84 Å². The Labute approximate surface area is 193 Å². The Morgan fingerprint density at radius 1 is 1.06 bits per heavy atom. The van der Waals surface area contributed by atoms with Crippen LogP contribution in [0.15, 0.2) is 77.7 Å². The fourth-order valence-corrected chi connectivity index (χ4v) is 5.37. The third-order valence-electron chi connectivity index (χ3n) is 5.20. The Balaban J connectivity index is 2.12. The number of carboxylic acids is 1. The number of ether oxygens (including phenoxy) is 1. The van der Waals surface area contributed by atoms with Gasteiger partial charge in [-0.1, -0.05) is 54.9 Å². The van der Waals surface area contributed by atoms with Gasteiger partial charge in [0.2, 0.25) is 10.0 Å². The minimum atomic E-state index is -3.89. The van der Waals surface area contributed by atoms with E-state index in [0.717, 1.165) is 5.56 Å². The zero-order chi connectivity index (χ0) is 23.3. The highest BCUT2D eigenvalue weighted by molar-refractivity contribution is 7.89. The van der Waals surface area contributed by atoms with Crippen LogP contribution in [0.5, 0.6) is 5.75 Å². The van der Waals surface area contributed by atoms with Crippen molar-refractivity contribution in [1.82, 2.24) is 4.31 Å². The van der Waals surface area contributed by atoms with Crippen LogP contribution in [0.25, 0.3) is 0 Å². The summed E-state index contributed by atoms with van der Waals surface area (Å²) < 4.78 is 34.2. The molecule has 0 aliphatic rings. The Morgan fingerprint density at radius 3 is 2.28 bits per heavy atom. The van der Waals surface area contributed by atoms with Gasteiger partial charge in [0.25, 0.3) is 0 Å². The smallest absolute Gasteiger partial charge is 0.335 e. The molecule has 3 aromatic carbocycles. The summed E-state index contributed by atoms with van der Waals surface area (Å²) in [6.07, 6.45) is 0.517. The summed E-state index contributed by atoms with van der Waals surface area (Å²) in [7, 11) is -2.46. The first-order valence-corrected chi connectivity index (χ1v) is 11.8. The molecular formula is C24H24ClNO5S. The monoisotopic (exact) mass is 473 g/mol. The summed E-state index contributed by atoms with van der Waals surface area (Å²) in [6, 6.07) is 19.3. The third kappa shape index (κ3) is 5.12. The van der Waals surface area contributed by atoms with E-state index in [2.05, 4.69) is 0 Å². The Bertz CT molecular complexity index is 1180. The van der Waals surface area contributed by atoms with Crippen LogP contribution < -0.4 is 4.74 Å². The number of hydrogen-bond acceptors (Lipinski definition) is 4. The van der Waals surface area contributed by atoms with Gasteiger partial charge in [-0.3, -0.25) is 0 Å². The first-order chi connectivity index (χ1) is 15.3. The normalized spacial score (nSPS) is 12.5. The van der Waals surface area contributed by atoms with E-state index in [1.54, 1.807) is 48.5 Å². The molecule has 0 aliphatic heterocycles. The molecular weight excluding hydrogens is 450 g/mol. The van der Waals surface area contributed by atoms with Crippen LogP contribution in [-0.4, -0.2) is 30.9 Å². The molecule has 1 atom stereocenters. The average Bonchev–Trinajstić information content (AvgIpc) is 2.80. The second-order valence-corrected chi connectivity index (χ2v) is 9.50. The molecule has 6 nitrogen and oxygen atoms in total. The molecule has 0 saturated carbocycles. The fraction of sp³-hybridized carbons (Fsp3) is 0.208. The summed E-state index contributed by atoms with van der Waals surface area (Å²) in [5.41, 5.74) is 1.43. The maximum atomic E-state index is 13.7. The lowest BCUT2D eigenvalue weighted by atomic mass is 10.0. The summed E-state index contributed by atoms with van der Waals surface area (Å²) in [5.74, 6) is -0.777. The van der Waals surface area contributed by atoms with Gasteiger partial charge in [0, 0.05) is 17.1 Å². The van der Waals surface area contributed by atoms with Crippen molar-refractivity contribution in [3.63, 3.8) is 0 Å². The van der Waals surface area contributed by atoms with Crippen molar-refractivity contribution in [2.45, 2.75) is 30.8 Å². The van der Waals surface area contributed by atoms with Crippen LogP contribution in [0.2, 0.25) is 5.02 Å². The topological polar surface area (TPSA) is 83.9 Å². The predicted molar refractivity (Wildman–Crippen MR) is 124 cm³/mol. The number of carbonyl (C=O) groups is 1. The SMILES string of the molecule is CC[C@@H](c1ccc(Cl)cc1)N(Cc1ccc(C(=O)O)cc1OC)S(=O)(=O)c1ccccc1. The van der Waals surface area contributed by atoms with Gasteiger partial charge in [0.15, 0.2) is 0 Å². The van der Waals surface area contributed by atoms with E-state index in [9.17, 15) is 18.3 Å². The molecule has 0 radical (unpaired) electrons. The van der Waals surface area contributed by atoms with E-state index in [1.165, 1.54) is 23.5 Å². The molecule has 3 rings (SSSR count). The van der Waals surface area contributed by atoms with Crippen molar-refractivity contribution >= 4 is 27.6 Å². The van der Waals surface area contributed by atoms with E-state index in [1.807, 2.05) is 19.1 Å². The molecule has 0 amide bonds. The highest BCUT2D eigenvalue weighted by Crippen LogP contribution is 2.34. The highest BCUT2D eigenvalue weighted by Gasteiger charge is 2.32. The van der Waals surface area contributed by atoms with Crippen LogP contribution in [0.3, 0.4) is 0 Å². The molecule has 3 aromatic rings. The van der Waals surface area contributed by atoms with Crippen molar-refractivity contribution in [1.29, 1.82) is 0 Å². The molecule has 1 N–H and O–H groups in total. The van der Waals surface area contributed by atoms with Crippen molar-refractivity contribution < 1.29 is 23.1 Å². The van der Waals surface area contributed by atoms with Crippen LogP contribution in [0.1, 0.15) is 40.9 Å². The quantitative estimate of drug-likeness (QED) is 0.450. The number of sulfonamides is 1. The van der Waals surface area contributed by atoms with Crippen molar-refractivity contribution in [3.8, 4) is 5.75 Å². The lowest BCUT2D eigenvalue weighted by Crippen LogP contribution is -2.34. The van der Waals surface area contributed by atoms with E-state index >= 15 is 0 Å². The molecule has 0 saturated heterocycles. The van der Waals surface area contributed by atoms with Gasteiger partial charge in [-0.05, 0) is 48.4 Å². The minimum absolute atomic E-state index is 0.00142.